The van der Waals surface area contributed by atoms with Gasteiger partial charge in [-0.05, 0) is 31.0 Å². The zero-order valence-corrected chi connectivity index (χ0v) is 16.0. The minimum Gasteiger partial charge on any atom is -0.394 e. The first-order chi connectivity index (χ1) is 11.7. The highest BCUT2D eigenvalue weighted by Gasteiger charge is 2.20. The van der Waals surface area contributed by atoms with Crippen molar-refractivity contribution in [3.05, 3.63) is 34.6 Å². The van der Waals surface area contributed by atoms with Gasteiger partial charge in [0.05, 0.1) is 12.6 Å². The van der Waals surface area contributed by atoms with E-state index in [1.54, 1.807) is 4.57 Å². The molecule has 1 atom stereocenters. The molecule has 0 saturated heterocycles. The van der Waals surface area contributed by atoms with Crippen molar-refractivity contribution in [2.45, 2.75) is 46.7 Å². The van der Waals surface area contributed by atoms with E-state index >= 15 is 0 Å². The van der Waals surface area contributed by atoms with Crippen LogP contribution in [0.1, 0.15) is 32.8 Å². The fourth-order valence-corrected chi connectivity index (χ4v) is 2.90. The second-order valence-electron chi connectivity index (χ2n) is 7.52. The molecule has 0 aliphatic rings. The second kappa shape index (κ2) is 7.93. The molecule has 1 amide bonds. The van der Waals surface area contributed by atoms with Crippen LogP contribution in [0.15, 0.2) is 24.3 Å². The van der Waals surface area contributed by atoms with Crippen LogP contribution in [0.2, 0.25) is 0 Å². The van der Waals surface area contributed by atoms with E-state index in [1.165, 1.54) is 0 Å². The Hall–Kier alpha value is -1.99. The number of aromatic nitrogens is 3. The number of aryl methyl sites for hydroxylation is 1. The summed E-state index contributed by atoms with van der Waals surface area (Å²) in [6.45, 7) is 8.19. The quantitative estimate of drug-likeness (QED) is 0.690. The summed E-state index contributed by atoms with van der Waals surface area (Å²) in [5, 5.41) is 19.4. The van der Waals surface area contributed by atoms with E-state index in [-0.39, 0.29) is 30.5 Å². The van der Waals surface area contributed by atoms with Crippen molar-refractivity contribution in [3.63, 3.8) is 0 Å². The Bertz CT molecular complexity index is 772. The van der Waals surface area contributed by atoms with Gasteiger partial charge in [0.2, 0.25) is 5.91 Å². The zero-order chi connectivity index (χ0) is 18.6. The van der Waals surface area contributed by atoms with Gasteiger partial charge in [0.25, 0.3) is 0 Å². The lowest BCUT2D eigenvalue weighted by molar-refractivity contribution is -0.122. The van der Waals surface area contributed by atoms with Gasteiger partial charge in [0, 0.05) is 5.56 Å². The van der Waals surface area contributed by atoms with Crippen LogP contribution in [0, 0.1) is 17.1 Å². The lowest BCUT2D eigenvalue weighted by Crippen LogP contribution is -2.41. The summed E-state index contributed by atoms with van der Waals surface area (Å²) in [5.41, 5.74) is 2.05. The molecule has 1 aromatic carbocycles. The molecule has 136 valence electrons. The Labute approximate surface area is 153 Å². The average molecular weight is 362 g/mol. The summed E-state index contributed by atoms with van der Waals surface area (Å²) in [5.74, 6) is 0.422. The van der Waals surface area contributed by atoms with E-state index in [0.29, 0.717) is 17.0 Å². The monoisotopic (exact) mass is 362 g/mol. The van der Waals surface area contributed by atoms with Gasteiger partial charge in [-0.2, -0.15) is 5.10 Å². The molecule has 7 heteroatoms. The van der Waals surface area contributed by atoms with Gasteiger partial charge in [-0.25, -0.2) is 0 Å². The number of carbonyl (C=O) groups excluding carboxylic acids is 1. The molecule has 2 aromatic rings. The molecule has 2 rings (SSSR count). The van der Waals surface area contributed by atoms with E-state index in [1.807, 2.05) is 31.2 Å². The number of aliphatic hydroxyl groups is 1. The predicted octanol–water partition coefficient (Wildman–Crippen LogP) is 2.83. The number of hydrogen-bond donors (Lipinski definition) is 3. The molecule has 1 unspecified atom stereocenters. The second-order valence-corrected chi connectivity index (χ2v) is 7.90. The molecule has 0 radical (unpaired) electrons. The highest BCUT2D eigenvalue weighted by atomic mass is 32.1. The molecule has 0 aliphatic carbocycles. The molecule has 0 spiro atoms. The largest absolute Gasteiger partial charge is 0.394 e. The number of amides is 1. The highest BCUT2D eigenvalue weighted by Crippen LogP contribution is 2.21. The Morgan fingerprint density at radius 2 is 2.00 bits per heavy atom. The topological polar surface area (TPSA) is 82.9 Å². The first kappa shape index (κ1) is 19.3. The van der Waals surface area contributed by atoms with E-state index in [0.717, 1.165) is 11.1 Å². The van der Waals surface area contributed by atoms with E-state index in [9.17, 15) is 9.90 Å². The molecule has 25 heavy (non-hydrogen) atoms. The maximum absolute atomic E-state index is 12.4. The van der Waals surface area contributed by atoms with Crippen molar-refractivity contribution in [1.82, 2.24) is 20.1 Å². The number of aliphatic hydroxyl groups excluding tert-OH is 1. The normalized spacial score (nSPS) is 12.8. The third-order valence-electron chi connectivity index (χ3n) is 3.81. The number of benzene rings is 1. The number of aromatic amines is 1. The molecule has 0 aliphatic heterocycles. The standard InChI is InChI=1S/C18H26N4O2S/c1-12-5-7-13(8-6-12)16-20-21-17(25)22(16)10-15(24)19-14(11-23)9-18(2,3)4/h5-8,14,23H,9-11H2,1-4H3,(H,19,24)(H,21,25). The van der Waals surface area contributed by atoms with Crippen LogP contribution in [0.4, 0.5) is 0 Å². The summed E-state index contributed by atoms with van der Waals surface area (Å²) in [7, 11) is 0. The van der Waals surface area contributed by atoms with Crippen molar-refractivity contribution in [1.29, 1.82) is 0 Å². The Morgan fingerprint density at radius 1 is 1.36 bits per heavy atom. The molecular formula is C18H26N4O2S. The number of H-pyrrole nitrogens is 1. The number of carbonyl (C=O) groups is 1. The molecule has 3 N–H and O–H groups in total. The number of nitrogens with one attached hydrogen (secondary N) is 2. The van der Waals surface area contributed by atoms with Gasteiger partial charge in [-0.3, -0.25) is 14.5 Å². The van der Waals surface area contributed by atoms with Gasteiger partial charge in [-0.15, -0.1) is 0 Å². The van der Waals surface area contributed by atoms with Crippen molar-refractivity contribution < 1.29 is 9.90 Å². The summed E-state index contributed by atoms with van der Waals surface area (Å²) in [4.78, 5) is 12.4. The van der Waals surface area contributed by atoms with Crippen molar-refractivity contribution in [3.8, 4) is 11.4 Å². The van der Waals surface area contributed by atoms with E-state index in [2.05, 4.69) is 36.3 Å². The Kier molecular flexibility index (Phi) is 6.13. The summed E-state index contributed by atoms with van der Waals surface area (Å²) in [6.07, 6.45) is 0.691. The van der Waals surface area contributed by atoms with Crippen LogP contribution >= 0.6 is 12.2 Å². The minimum atomic E-state index is -0.281. The average Bonchev–Trinajstić information content (AvgIpc) is 2.87. The van der Waals surface area contributed by atoms with Crippen molar-refractivity contribution >= 4 is 18.1 Å². The molecule has 0 bridgehead atoms. The maximum Gasteiger partial charge on any atom is 0.240 e. The molecule has 1 heterocycles. The van der Waals surface area contributed by atoms with Gasteiger partial charge in [0.15, 0.2) is 10.6 Å². The fourth-order valence-electron chi connectivity index (χ4n) is 2.70. The molecule has 1 aromatic heterocycles. The minimum absolute atomic E-state index is 0.0136. The van der Waals surface area contributed by atoms with Gasteiger partial charge < -0.3 is 10.4 Å². The smallest absolute Gasteiger partial charge is 0.240 e. The van der Waals surface area contributed by atoms with Gasteiger partial charge in [0.1, 0.15) is 6.54 Å². The van der Waals surface area contributed by atoms with E-state index < -0.39 is 0 Å². The van der Waals surface area contributed by atoms with Gasteiger partial charge >= 0.3 is 0 Å². The maximum atomic E-state index is 12.4. The van der Waals surface area contributed by atoms with Crippen LogP contribution in [-0.2, 0) is 11.3 Å². The molecule has 0 saturated carbocycles. The van der Waals surface area contributed by atoms with E-state index in [4.69, 9.17) is 12.2 Å². The summed E-state index contributed by atoms with van der Waals surface area (Å²) < 4.78 is 2.06. The first-order valence-electron chi connectivity index (χ1n) is 8.32. The van der Waals surface area contributed by atoms with Crippen molar-refractivity contribution in [2.75, 3.05) is 6.61 Å². The lowest BCUT2D eigenvalue weighted by atomic mass is 9.88. The predicted molar refractivity (Wildman–Crippen MR) is 101 cm³/mol. The number of nitrogens with zero attached hydrogens (tertiary/aromatic N) is 2. The third kappa shape index (κ3) is 5.51. The van der Waals surface area contributed by atoms with Gasteiger partial charge in [-0.1, -0.05) is 50.6 Å². The summed E-state index contributed by atoms with van der Waals surface area (Å²) >= 11 is 5.26. The number of rotatable bonds is 6. The third-order valence-corrected chi connectivity index (χ3v) is 4.13. The Morgan fingerprint density at radius 3 is 2.56 bits per heavy atom. The molecular weight excluding hydrogens is 336 g/mol. The lowest BCUT2D eigenvalue weighted by Gasteiger charge is -2.25. The van der Waals surface area contributed by atoms with Crippen LogP contribution in [-0.4, -0.2) is 38.4 Å². The Balaban J connectivity index is 2.15. The zero-order valence-electron chi connectivity index (χ0n) is 15.2. The van der Waals surface area contributed by atoms with Crippen LogP contribution in [0.3, 0.4) is 0 Å². The van der Waals surface area contributed by atoms with Crippen LogP contribution < -0.4 is 5.32 Å². The molecule has 0 fully saturated rings. The number of hydrogen-bond acceptors (Lipinski definition) is 4. The molecule has 6 nitrogen and oxygen atoms in total. The van der Waals surface area contributed by atoms with Crippen molar-refractivity contribution in [2.24, 2.45) is 5.41 Å². The summed E-state index contributed by atoms with van der Waals surface area (Å²) in [6, 6.07) is 7.59. The van der Waals surface area contributed by atoms with Crippen LogP contribution in [0.25, 0.3) is 11.4 Å². The fraction of sp³-hybridized carbons (Fsp3) is 0.500. The first-order valence-corrected chi connectivity index (χ1v) is 8.73. The van der Waals surface area contributed by atoms with Crippen LogP contribution in [0.5, 0.6) is 0 Å². The SMILES string of the molecule is Cc1ccc(-c2n[nH]c(=S)n2CC(=O)NC(CO)CC(C)(C)C)cc1. The highest BCUT2D eigenvalue weighted by molar-refractivity contribution is 7.71.